The predicted molar refractivity (Wildman–Crippen MR) is 120 cm³/mol. The summed E-state index contributed by atoms with van der Waals surface area (Å²) >= 11 is 0. The molecular weight excluding hydrogens is 410 g/mol. The zero-order chi connectivity index (χ0) is 22.2. The molecule has 0 N–H and O–H groups in total. The third-order valence-electron chi connectivity index (χ3n) is 5.89. The average molecular weight is 432 g/mol. The molecule has 4 aromatic rings. The van der Waals surface area contributed by atoms with E-state index in [0.29, 0.717) is 27.8 Å². The van der Waals surface area contributed by atoms with Crippen molar-refractivity contribution < 1.29 is 18.3 Å². The van der Waals surface area contributed by atoms with Crippen molar-refractivity contribution in [3.8, 4) is 11.3 Å². The van der Waals surface area contributed by atoms with E-state index in [1.807, 2.05) is 10.5 Å². The number of carbonyl (C=O) groups excluding carboxylic acids is 1. The molecule has 0 radical (unpaired) electrons. The highest BCUT2D eigenvalue weighted by molar-refractivity contribution is 6.11. The Kier molecular flexibility index (Phi) is 5.21. The van der Waals surface area contributed by atoms with Gasteiger partial charge >= 0.3 is 5.97 Å². The van der Waals surface area contributed by atoms with E-state index in [2.05, 4.69) is 6.08 Å². The maximum Gasteiger partial charge on any atom is 0.342 e. The van der Waals surface area contributed by atoms with Crippen molar-refractivity contribution >= 4 is 28.1 Å². The molecule has 1 aliphatic rings. The molecule has 2 aromatic carbocycles. The number of aromatic nitrogens is 2. The largest absolute Gasteiger partial charge is 0.462 e. The summed E-state index contributed by atoms with van der Waals surface area (Å²) in [5.74, 6) is -1.22. The Balaban J connectivity index is 1.90. The van der Waals surface area contributed by atoms with Crippen LogP contribution in [-0.2, 0) is 4.74 Å². The predicted octanol–water partition coefficient (Wildman–Crippen LogP) is 6.57. The molecule has 0 saturated carbocycles. The molecule has 2 heterocycles. The first kappa shape index (κ1) is 20.4. The lowest BCUT2D eigenvalue weighted by molar-refractivity contribution is 0.0530. The van der Waals surface area contributed by atoms with Gasteiger partial charge in [0.05, 0.1) is 23.5 Å². The van der Waals surface area contributed by atoms with Crippen molar-refractivity contribution in [1.82, 2.24) is 9.38 Å². The van der Waals surface area contributed by atoms with E-state index in [0.717, 1.165) is 42.5 Å². The van der Waals surface area contributed by atoms with E-state index in [1.165, 1.54) is 24.3 Å². The molecule has 0 saturated heterocycles. The van der Waals surface area contributed by atoms with Gasteiger partial charge in [-0.05, 0) is 86.7 Å². The van der Waals surface area contributed by atoms with Crippen molar-refractivity contribution in [2.75, 3.05) is 6.61 Å². The molecule has 0 unspecified atom stereocenters. The normalized spacial score (nSPS) is 14.0. The van der Waals surface area contributed by atoms with Crippen LogP contribution in [0.5, 0.6) is 0 Å². The number of hydrogen-bond donors (Lipinski definition) is 0. The lowest BCUT2D eigenvalue weighted by Crippen LogP contribution is -2.07. The SMILES string of the molecule is CCOC(=O)c1c2ccc(F)cc2n2c(C3=CCCCC3)cc(-c3ccc(F)cc3)nc12. The summed E-state index contributed by atoms with van der Waals surface area (Å²) in [5.41, 5.74) is 4.63. The molecule has 0 bridgehead atoms. The number of rotatable bonds is 4. The van der Waals surface area contributed by atoms with Gasteiger partial charge in [-0.25, -0.2) is 18.6 Å². The van der Waals surface area contributed by atoms with Crippen LogP contribution in [0.2, 0.25) is 0 Å². The van der Waals surface area contributed by atoms with Gasteiger partial charge in [0.2, 0.25) is 0 Å². The van der Waals surface area contributed by atoms with Gasteiger partial charge in [0.25, 0.3) is 0 Å². The number of esters is 1. The maximum absolute atomic E-state index is 14.3. The fourth-order valence-corrected chi connectivity index (χ4v) is 4.42. The van der Waals surface area contributed by atoms with Gasteiger partial charge in [-0.1, -0.05) is 6.08 Å². The lowest BCUT2D eigenvalue weighted by Gasteiger charge is -2.17. The first-order valence-corrected chi connectivity index (χ1v) is 10.8. The highest BCUT2D eigenvalue weighted by Gasteiger charge is 2.25. The zero-order valence-corrected chi connectivity index (χ0v) is 17.7. The first-order chi connectivity index (χ1) is 15.6. The van der Waals surface area contributed by atoms with Gasteiger partial charge in [-0.3, -0.25) is 4.40 Å². The number of fused-ring (bicyclic) bond motifs is 3. The number of allylic oxidation sites excluding steroid dienone is 2. The van der Waals surface area contributed by atoms with E-state index in [9.17, 15) is 13.6 Å². The third-order valence-corrected chi connectivity index (χ3v) is 5.89. The second-order valence-corrected chi connectivity index (χ2v) is 7.92. The topological polar surface area (TPSA) is 43.6 Å². The van der Waals surface area contributed by atoms with Crippen LogP contribution in [0.15, 0.2) is 54.6 Å². The van der Waals surface area contributed by atoms with Crippen LogP contribution >= 0.6 is 0 Å². The van der Waals surface area contributed by atoms with Crippen LogP contribution < -0.4 is 0 Å². The zero-order valence-electron chi connectivity index (χ0n) is 17.7. The van der Waals surface area contributed by atoms with E-state index in [1.54, 1.807) is 25.1 Å². The molecule has 0 spiro atoms. The number of carbonyl (C=O) groups is 1. The Hall–Kier alpha value is -3.54. The molecule has 32 heavy (non-hydrogen) atoms. The van der Waals surface area contributed by atoms with Crippen molar-refractivity contribution in [2.24, 2.45) is 0 Å². The smallest absolute Gasteiger partial charge is 0.342 e. The van der Waals surface area contributed by atoms with Gasteiger partial charge in [-0.15, -0.1) is 0 Å². The van der Waals surface area contributed by atoms with Gasteiger partial charge < -0.3 is 4.74 Å². The summed E-state index contributed by atoms with van der Waals surface area (Å²) in [6, 6.07) is 12.4. The Bertz CT molecular complexity index is 1370. The minimum absolute atomic E-state index is 0.217. The van der Waals surface area contributed by atoms with Crippen molar-refractivity contribution in [3.05, 3.63) is 77.5 Å². The van der Waals surface area contributed by atoms with Crippen molar-refractivity contribution in [1.29, 1.82) is 0 Å². The molecule has 5 rings (SSSR count). The molecule has 0 aliphatic heterocycles. The first-order valence-electron chi connectivity index (χ1n) is 10.8. The van der Waals surface area contributed by atoms with Crippen LogP contribution in [-0.4, -0.2) is 22.0 Å². The van der Waals surface area contributed by atoms with E-state index in [4.69, 9.17) is 9.72 Å². The van der Waals surface area contributed by atoms with Crippen LogP contribution in [0.4, 0.5) is 8.78 Å². The molecule has 162 valence electrons. The number of benzene rings is 2. The van der Waals surface area contributed by atoms with Crippen LogP contribution in [0, 0.1) is 11.6 Å². The second-order valence-electron chi connectivity index (χ2n) is 7.92. The van der Waals surface area contributed by atoms with E-state index in [-0.39, 0.29) is 12.4 Å². The van der Waals surface area contributed by atoms with Gasteiger partial charge in [0, 0.05) is 10.9 Å². The number of ether oxygens (including phenoxy) is 1. The Morgan fingerprint density at radius 1 is 1.06 bits per heavy atom. The summed E-state index contributed by atoms with van der Waals surface area (Å²) < 4.78 is 35.0. The molecule has 0 atom stereocenters. The van der Waals surface area contributed by atoms with E-state index < -0.39 is 11.8 Å². The van der Waals surface area contributed by atoms with Crippen LogP contribution in [0.1, 0.15) is 48.7 Å². The molecule has 0 fully saturated rings. The summed E-state index contributed by atoms with van der Waals surface area (Å²) in [6.07, 6.45) is 6.22. The van der Waals surface area contributed by atoms with Gasteiger partial charge in [0.1, 0.15) is 17.2 Å². The minimum Gasteiger partial charge on any atom is -0.462 e. The fraction of sp³-hybridized carbons (Fsp3) is 0.231. The van der Waals surface area contributed by atoms with Crippen molar-refractivity contribution in [2.45, 2.75) is 32.6 Å². The maximum atomic E-state index is 14.3. The summed E-state index contributed by atoms with van der Waals surface area (Å²) in [6.45, 7) is 1.96. The second kappa shape index (κ2) is 8.19. The van der Waals surface area contributed by atoms with Crippen molar-refractivity contribution in [3.63, 3.8) is 0 Å². The highest BCUT2D eigenvalue weighted by atomic mass is 19.1. The fourth-order valence-electron chi connectivity index (χ4n) is 4.42. The Morgan fingerprint density at radius 2 is 1.84 bits per heavy atom. The summed E-state index contributed by atoms with van der Waals surface area (Å²) in [5, 5.41) is 0.589. The quantitative estimate of drug-likeness (QED) is 0.343. The monoisotopic (exact) mass is 432 g/mol. The number of halogens is 2. The molecule has 0 amide bonds. The molecular formula is C26H22F2N2O2. The third kappa shape index (κ3) is 3.45. The van der Waals surface area contributed by atoms with Crippen LogP contribution in [0.3, 0.4) is 0 Å². The standard InChI is InChI=1S/C26H22F2N2O2/c1-2-32-26(31)24-20-13-12-19(28)14-23(20)30-22(17-6-4-3-5-7-17)15-21(29-25(24)30)16-8-10-18(27)11-9-16/h6,8-15H,2-5,7H2,1H3. The molecule has 6 heteroatoms. The Morgan fingerprint density at radius 3 is 2.56 bits per heavy atom. The minimum atomic E-state index is -0.501. The number of hydrogen-bond acceptors (Lipinski definition) is 3. The average Bonchev–Trinajstić information content (AvgIpc) is 3.13. The Labute approximate surface area is 184 Å². The van der Waals surface area contributed by atoms with Crippen LogP contribution in [0.25, 0.3) is 33.4 Å². The summed E-state index contributed by atoms with van der Waals surface area (Å²) in [7, 11) is 0. The van der Waals surface area contributed by atoms with Gasteiger partial charge in [0.15, 0.2) is 5.65 Å². The van der Waals surface area contributed by atoms with E-state index >= 15 is 0 Å². The lowest BCUT2D eigenvalue weighted by atomic mass is 9.96. The highest BCUT2D eigenvalue weighted by Crippen LogP contribution is 2.35. The number of nitrogens with zero attached hydrogens (tertiary/aromatic N) is 2. The van der Waals surface area contributed by atoms with Gasteiger partial charge in [-0.2, -0.15) is 0 Å². The summed E-state index contributed by atoms with van der Waals surface area (Å²) in [4.78, 5) is 17.8. The molecule has 2 aromatic heterocycles. The molecule has 1 aliphatic carbocycles. The molecule has 4 nitrogen and oxygen atoms in total.